The standard InChI is InChI=1S/C21H28N4O2S2/c1-4-29(26,27)21-23-15-19(16-24(3)17(2)20-22-12-14-28-20)25(21)13-8-11-18-9-6-5-7-10-18/h5-7,9-10,12,14-15,17H,4,8,11,13,16H2,1-3H3. The number of aromatic nitrogens is 3. The van der Waals surface area contributed by atoms with Crippen molar-refractivity contribution in [3.63, 3.8) is 0 Å². The predicted molar refractivity (Wildman–Crippen MR) is 117 cm³/mol. The molecule has 1 aromatic carbocycles. The second kappa shape index (κ2) is 9.65. The lowest BCUT2D eigenvalue weighted by molar-refractivity contribution is 0.245. The summed E-state index contributed by atoms with van der Waals surface area (Å²) in [7, 11) is -1.35. The second-order valence-electron chi connectivity index (χ2n) is 7.14. The quantitative estimate of drug-likeness (QED) is 0.485. The van der Waals surface area contributed by atoms with Crippen LogP contribution < -0.4 is 0 Å². The van der Waals surface area contributed by atoms with E-state index < -0.39 is 9.84 Å². The molecule has 0 spiro atoms. The highest BCUT2D eigenvalue weighted by Gasteiger charge is 2.23. The van der Waals surface area contributed by atoms with Gasteiger partial charge in [-0.2, -0.15) is 0 Å². The van der Waals surface area contributed by atoms with Crippen LogP contribution in [0.2, 0.25) is 0 Å². The summed E-state index contributed by atoms with van der Waals surface area (Å²) in [5.41, 5.74) is 2.17. The summed E-state index contributed by atoms with van der Waals surface area (Å²) in [6.07, 6.45) is 5.26. The first kappa shape index (κ1) is 21.7. The van der Waals surface area contributed by atoms with Gasteiger partial charge in [0, 0.05) is 24.7 Å². The van der Waals surface area contributed by atoms with Crippen molar-refractivity contribution < 1.29 is 8.42 Å². The highest BCUT2D eigenvalue weighted by Crippen LogP contribution is 2.24. The Labute approximate surface area is 177 Å². The molecule has 6 nitrogen and oxygen atoms in total. The van der Waals surface area contributed by atoms with Crippen molar-refractivity contribution in [2.75, 3.05) is 12.8 Å². The van der Waals surface area contributed by atoms with E-state index >= 15 is 0 Å². The minimum absolute atomic E-state index is 0.0491. The number of rotatable bonds is 10. The maximum atomic E-state index is 12.6. The molecular formula is C21H28N4O2S2. The fourth-order valence-electron chi connectivity index (χ4n) is 3.24. The summed E-state index contributed by atoms with van der Waals surface area (Å²) in [4.78, 5) is 10.9. The fraction of sp³-hybridized carbons (Fsp3) is 0.429. The van der Waals surface area contributed by atoms with Crippen molar-refractivity contribution >= 4 is 21.2 Å². The lowest BCUT2D eigenvalue weighted by atomic mass is 10.1. The van der Waals surface area contributed by atoms with Gasteiger partial charge in [-0.05, 0) is 32.4 Å². The monoisotopic (exact) mass is 432 g/mol. The summed E-state index contributed by atoms with van der Waals surface area (Å²) in [5, 5.41) is 3.20. The van der Waals surface area contributed by atoms with Gasteiger partial charge in [0.2, 0.25) is 15.0 Å². The first-order chi connectivity index (χ1) is 13.9. The van der Waals surface area contributed by atoms with Crippen molar-refractivity contribution in [3.05, 3.63) is 64.4 Å². The predicted octanol–water partition coefficient (Wildman–Crippen LogP) is 3.96. The third-order valence-electron chi connectivity index (χ3n) is 5.13. The molecular weight excluding hydrogens is 404 g/mol. The molecule has 0 radical (unpaired) electrons. The van der Waals surface area contributed by atoms with Crippen molar-refractivity contribution in [2.45, 2.75) is 51.0 Å². The van der Waals surface area contributed by atoms with Gasteiger partial charge < -0.3 is 4.57 Å². The first-order valence-corrected chi connectivity index (χ1v) is 12.4. The van der Waals surface area contributed by atoms with Crippen molar-refractivity contribution in [1.29, 1.82) is 0 Å². The molecule has 1 unspecified atom stereocenters. The van der Waals surface area contributed by atoms with E-state index in [1.54, 1.807) is 24.5 Å². The van der Waals surface area contributed by atoms with Gasteiger partial charge in [0.25, 0.3) is 0 Å². The lowest BCUT2D eigenvalue weighted by Crippen LogP contribution is -2.24. The molecule has 29 heavy (non-hydrogen) atoms. The molecule has 3 rings (SSSR count). The summed E-state index contributed by atoms with van der Waals surface area (Å²) >= 11 is 1.63. The van der Waals surface area contributed by atoms with Gasteiger partial charge in [-0.1, -0.05) is 37.3 Å². The van der Waals surface area contributed by atoms with Gasteiger partial charge in [0.05, 0.1) is 23.7 Å². The van der Waals surface area contributed by atoms with Crippen LogP contribution in [-0.4, -0.2) is 40.7 Å². The van der Waals surface area contributed by atoms with Gasteiger partial charge in [-0.3, -0.25) is 4.90 Å². The zero-order valence-corrected chi connectivity index (χ0v) is 18.8. The molecule has 1 atom stereocenters. The van der Waals surface area contributed by atoms with Crippen molar-refractivity contribution in [3.8, 4) is 0 Å². The Bertz CT molecular complexity index is 999. The van der Waals surface area contributed by atoms with Crippen LogP contribution in [0.25, 0.3) is 0 Å². The molecule has 156 valence electrons. The Hall–Kier alpha value is -2.03. The van der Waals surface area contributed by atoms with Gasteiger partial charge in [0.15, 0.2) is 0 Å². The van der Waals surface area contributed by atoms with Gasteiger partial charge in [-0.25, -0.2) is 18.4 Å². The van der Waals surface area contributed by atoms with Crippen LogP contribution in [0, 0.1) is 0 Å². The zero-order chi connectivity index (χ0) is 20.9. The number of aryl methyl sites for hydroxylation is 1. The molecule has 2 aromatic heterocycles. The molecule has 0 bridgehead atoms. The Balaban J connectivity index is 1.79. The maximum absolute atomic E-state index is 12.6. The van der Waals surface area contributed by atoms with Gasteiger partial charge >= 0.3 is 0 Å². The Morgan fingerprint density at radius 2 is 1.97 bits per heavy atom. The average molecular weight is 433 g/mol. The Morgan fingerprint density at radius 3 is 2.62 bits per heavy atom. The first-order valence-electron chi connectivity index (χ1n) is 9.83. The average Bonchev–Trinajstić information content (AvgIpc) is 3.39. The number of imidazole rings is 1. The van der Waals surface area contributed by atoms with Crippen LogP contribution in [0.3, 0.4) is 0 Å². The Morgan fingerprint density at radius 1 is 1.21 bits per heavy atom. The summed E-state index contributed by atoms with van der Waals surface area (Å²) in [6.45, 7) is 5.00. The number of hydrogen-bond donors (Lipinski definition) is 0. The van der Waals surface area contributed by atoms with E-state index in [9.17, 15) is 8.42 Å². The molecule has 0 N–H and O–H groups in total. The van der Waals surface area contributed by atoms with E-state index in [4.69, 9.17) is 0 Å². The van der Waals surface area contributed by atoms with E-state index in [1.165, 1.54) is 5.56 Å². The summed E-state index contributed by atoms with van der Waals surface area (Å²) < 4.78 is 27.0. The minimum Gasteiger partial charge on any atom is -0.318 e. The summed E-state index contributed by atoms with van der Waals surface area (Å²) in [6, 6.07) is 10.4. The van der Waals surface area contributed by atoms with Crippen LogP contribution in [0.5, 0.6) is 0 Å². The molecule has 0 fully saturated rings. The van der Waals surface area contributed by atoms with E-state index in [-0.39, 0.29) is 17.0 Å². The zero-order valence-electron chi connectivity index (χ0n) is 17.2. The van der Waals surface area contributed by atoms with Crippen LogP contribution in [0.15, 0.2) is 53.3 Å². The summed E-state index contributed by atoms with van der Waals surface area (Å²) in [5.74, 6) is 0.0491. The maximum Gasteiger partial charge on any atom is 0.227 e. The topological polar surface area (TPSA) is 68.1 Å². The molecule has 0 aliphatic carbocycles. The van der Waals surface area contributed by atoms with E-state index in [0.717, 1.165) is 23.5 Å². The van der Waals surface area contributed by atoms with Gasteiger partial charge in [0.1, 0.15) is 5.01 Å². The third-order valence-corrected chi connectivity index (χ3v) is 7.72. The van der Waals surface area contributed by atoms with Crippen molar-refractivity contribution in [1.82, 2.24) is 19.4 Å². The van der Waals surface area contributed by atoms with Crippen molar-refractivity contribution in [2.24, 2.45) is 0 Å². The fourth-order valence-corrected chi connectivity index (χ4v) is 5.02. The molecule has 3 aromatic rings. The highest BCUT2D eigenvalue weighted by atomic mass is 32.2. The molecule has 0 saturated heterocycles. The van der Waals surface area contributed by atoms with Crippen LogP contribution in [0.1, 0.15) is 42.6 Å². The molecule has 0 saturated carbocycles. The van der Waals surface area contributed by atoms with Crippen LogP contribution in [-0.2, 0) is 29.3 Å². The number of hydrogen-bond acceptors (Lipinski definition) is 6. The smallest absolute Gasteiger partial charge is 0.227 e. The number of nitrogens with zero attached hydrogens (tertiary/aromatic N) is 4. The second-order valence-corrected chi connectivity index (χ2v) is 10.2. The largest absolute Gasteiger partial charge is 0.318 e. The highest BCUT2D eigenvalue weighted by molar-refractivity contribution is 7.91. The van der Waals surface area contributed by atoms with Crippen LogP contribution >= 0.6 is 11.3 Å². The lowest BCUT2D eigenvalue weighted by Gasteiger charge is -2.23. The van der Waals surface area contributed by atoms with E-state index in [1.807, 2.05) is 41.4 Å². The number of sulfone groups is 1. The molecule has 8 heteroatoms. The molecule has 0 aliphatic rings. The van der Waals surface area contributed by atoms with Crippen LogP contribution in [0.4, 0.5) is 0 Å². The number of thiazole rings is 1. The normalized spacial score (nSPS) is 13.1. The molecule has 2 heterocycles. The third kappa shape index (κ3) is 5.32. The SMILES string of the molecule is CCS(=O)(=O)c1ncc(CN(C)C(C)c2nccs2)n1CCCc1ccccc1. The van der Waals surface area contributed by atoms with Gasteiger partial charge in [-0.15, -0.1) is 11.3 Å². The van der Waals surface area contributed by atoms with E-state index in [0.29, 0.717) is 13.1 Å². The van der Waals surface area contributed by atoms with E-state index in [2.05, 4.69) is 33.9 Å². The molecule has 0 aliphatic heterocycles. The Kier molecular flexibility index (Phi) is 7.21. The number of benzene rings is 1. The molecule has 0 amide bonds. The minimum atomic E-state index is -3.38.